The van der Waals surface area contributed by atoms with Gasteiger partial charge in [-0.15, -0.1) is 0 Å². The van der Waals surface area contributed by atoms with Crippen LogP contribution in [0.2, 0.25) is 0 Å². The maximum atomic E-state index is 11.8. The minimum Gasteiger partial charge on any atom is -0.373 e. The predicted molar refractivity (Wildman–Crippen MR) is 87.6 cm³/mol. The SMILES string of the molecule is CN(CCNC(=O)CCC1CCCCN1)c1ccccc1. The molecule has 0 spiro atoms. The van der Waals surface area contributed by atoms with Crippen molar-refractivity contribution in [3.63, 3.8) is 0 Å². The van der Waals surface area contributed by atoms with Gasteiger partial charge >= 0.3 is 0 Å². The first-order valence-electron chi connectivity index (χ1n) is 8.02. The molecule has 1 atom stereocenters. The number of hydrogen-bond donors (Lipinski definition) is 2. The number of carbonyl (C=O) groups excluding carboxylic acids is 1. The zero-order valence-corrected chi connectivity index (χ0v) is 13.0. The van der Waals surface area contributed by atoms with Crippen molar-refractivity contribution in [3.8, 4) is 0 Å². The predicted octanol–water partition coefficient (Wildman–Crippen LogP) is 2.16. The van der Waals surface area contributed by atoms with Gasteiger partial charge in [-0.3, -0.25) is 4.79 Å². The summed E-state index contributed by atoms with van der Waals surface area (Å²) >= 11 is 0. The fourth-order valence-corrected chi connectivity index (χ4v) is 2.74. The van der Waals surface area contributed by atoms with Crippen LogP contribution in [0.25, 0.3) is 0 Å². The van der Waals surface area contributed by atoms with Crippen LogP contribution in [0, 0.1) is 0 Å². The lowest BCUT2D eigenvalue weighted by atomic mass is 10.0. The number of amides is 1. The van der Waals surface area contributed by atoms with Crippen LogP contribution in [0.3, 0.4) is 0 Å². The third-order valence-electron chi connectivity index (χ3n) is 4.10. The summed E-state index contributed by atoms with van der Waals surface area (Å²) in [6.45, 7) is 2.63. The van der Waals surface area contributed by atoms with E-state index in [1.807, 2.05) is 25.2 Å². The molecule has 1 heterocycles. The van der Waals surface area contributed by atoms with Gasteiger partial charge in [-0.05, 0) is 37.9 Å². The Hall–Kier alpha value is -1.55. The van der Waals surface area contributed by atoms with Crippen LogP contribution in [0.15, 0.2) is 30.3 Å². The Labute approximate surface area is 127 Å². The Morgan fingerprint density at radius 3 is 2.86 bits per heavy atom. The van der Waals surface area contributed by atoms with Gasteiger partial charge < -0.3 is 15.5 Å². The van der Waals surface area contributed by atoms with Crippen LogP contribution < -0.4 is 15.5 Å². The molecule has 2 rings (SSSR count). The maximum Gasteiger partial charge on any atom is 0.220 e. The number of hydrogen-bond acceptors (Lipinski definition) is 3. The molecule has 0 bridgehead atoms. The van der Waals surface area contributed by atoms with E-state index in [1.54, 1.807) is 0 Å². The molecule has 4 nitrogen and oxygen atoms in total. The highest BCUT2D eigenvalue weighted by molar-refractivity contribution is 5.75. The minimum absolute atomic E-state index is 0.170. The summed E-state index contributed by atoms with van der Waals surface area (Å²) in [4.78, 5) is 14.0. The lowest BCUT2D eigenvalue weighted by molar-refractivity contribution is -0.121. The average Bonchev–Trinajstić information content (AvgIpc) is 2.54. The summed E-state index contributed by atoms with van der Waals surface area (Å²) in [5.74, 6) is 0.170. The second kappa shape index (κ2) is 8.67. The second-order valence-electron chi connectivity index (χ2n) is 5.79. The van der Waals surface area contributed by atoms with E-state index in [1.165, 1.54) is 24.9 Å². The van der Waals surface area contributed by atoms with Crippen molar-refractivity contribution in [1.29, 1.82) is 0 Å². The maximum absolute atomic E-state index is 11.8. The Kier molecular flexibility index (Phi) is 6.54. The first-order chi connectivity index (χ1) is 10.3. The van der Waals surface area contributed by atoms with Crippen molar-refractivity contribution in [2.45, 2.75) is 38.1 Å². The van der Waals surface area contributed by atoms with Gasteiger partial charge in [-0.25, -0.2) is 0 Å². The van der Waals surface area contributed by atoms with Crippen molar-refractivity contribution < 1.29 is 4.79 Å². The van der Waals surface area contributed by atoms with E-state index in [0.29, 0.717) is 19.0 Å². The number of benzene rings is 1. The number of likely N-dealkylation sites (N-methyl/N-ethyl adjacent to an activating group) is 1. The molecular formula is C17H27N3O. The molecule has 0 saturated carbocycles. The van der Waals surface area contributed by atoms with Gasteiger partial charge in [0.1, 0.15) is 0 Å². The summed E-state index contributed by atoms with van der Waals surface area (Å²) in [7, 11) is 2.05. The first-order valence-corrected chi connectivity index (χ1v) is 8.02. The molecule has 1 amide bonds. The van der Waals surface area contributed by atoms with Crippen LogP contribution >= 0.6 is 0 Å². The van der Waals surface area contributed by atoms with E-state index in [0.717, 1.165) is 19.5 Å². The van der Waals surface area contributed by atoms with Gasteiger partial charge in [0.05, 0.1) is 0 Å². The van der Waals surface area contributed by atoms with Crippen LogP contribution in [0.5, 0.6) is 0 Å². The molecule has 1 aromatic rings. The lowest BCUT2D eigenvalue weighted by Crippen LogP contribution is -2.36. The molecule has 0 radical (unpaired) electrons. The summed E-state index contributed by atoms with van der Waals surface area (Å²) < 4.78 is 0. The average molecular weight is 289 g/mol. The summed E-state index contributed by atoms with van der Waals surface area (Å²) in [5, 5.41) is 6.50. The lowest BCUT2D eigenvalue weighted by Gasteiger charge is -2.23. The molecule has 4 heteroatoms. The van der Waals surface area contributed by atoms with Crippen molar-refractivity contribution in [2.75, 3.05) is 31.6 Å². The summed E-state index contributed by atoms with van der Waals surface area (Å²) in [5.41, 5.74) is 1.18. The largest absolute Gasteiger partial charge is 0.373 e. The monoisotopic (exact) mass is 289 g/mol. The van der Waals surface area contributed by atoms with Gasteiger partial charge in [0, 0.05) is 38.3 Å². The van der Waals surface area contributed by atoms with Gasteiger partial charge in [0.25, 0.3) is 0 Å². The Morgan fingerprint density at radius 1 is 1.33 bits per heavy atom. The molecule has 1 saturated heterocycles. The van der Waals surface area contributed by atoms with Crippen LogP contribution in [0.4, 0.5) is 5.69 Å². The number of para-hydroxylation sites is 1. The second-order valence-corrected chi connectivity index (χ2v) is 5.79. The first kappa shape index (κ1) is 15.8. The van der Waals surface area contributed by atoms with Crippen LogP contribution in [-0.2, 0) is 4.79 Å². The van der Waals surface area contributed by atoms with Gasteiger partial charge in [0.2, 0.25) is 5.91 Å². The minimum atomic E-state index is 0.170. The molecule has 1 aliphatic heterocycles. The number of nitrogens with zero attached hydrogens (tertiary/aromatic N) is 1. The van der Waals surface area contributed by atoms with Gasteiger partial charge in [-0.1, -0.05) is 24.6 Å². The number of anilines is 1. The van der Waals surface area contributed by atoms with Gasteiger partial charge in [-0.2, -0.15) is 0 Å². The van der Waals surface area contributed by atoms with E-state index in [-0.39, 0.29) is 5.91 Å². The summed E-state index contributed by atoms with van der Waals surface area (Å²) in [6.07, 6.45) is 5.37. The van der Waals surface area contributed by atoms with Crippen LogP contribution in [0.1, 0.15) is 32.1 Å². The zero-order chi connectivity index (χ0) is 14.9. The third kappa shape index (κ3) is 5.76. The van der Waals surface area contributed by atoms with Crippen molar-refractivity contribution in [1.82, 2.24) is 10.6 Å². The molecule has 116 valence electrons. The number of nitrogens with one attached hydrogen (secondary N) is 2. The number of rotatable bonds is 7. The highest BCUT2D eigenvalue weighted by Gasteiger charge is 2.13. The highest BCUT2D eigenvalue weighted by atomic mass is 16.1. The Balaban J connectivity index is 1.58. The van der Waals surface area contributed by atoms with Crippen LogP contribution in [-0.4, -0.2) is 38.6 Å². The van der Waals surface area contributed by atoms with E-state index < -0.39 is 0 Å². The van der Waals surface area contributed by atoms with Crippen molar-refractivity contribution >= 4 is 11.6 Å². The normalized spacial score (nSPS) is 18.2. The van der Waals surface area contributed by atoms with E-state index in [9.17, 15) is 4.79 Å². The van der Waals surface area contributed by atoms with Crippen molar-refractivity contribution in [2.24, 2.45) is 0 Å². The fraction of sp³-hybridized carbons (Fsp3) is 0.588. The van der Waals surface area contributed by atoms with Crippen molar-refractivity contribution in [3.05, 3.63) is 30.3 Å². The molecule has 1 unspecified atom stereocenters. The highest BCUT2D eigenvalue weighted by Crippen LogP contribution is 2.12. The standard InChI is InChI=1S/C17H27N3O/c1-20(16-8-3-2-4-9-16)14-13-19-17(21)11-10-15-7-5-6-12-18-15/h2-4,8-9,15,18H,5-7,10-14H2,1H3,(H,19,21). The third-order valence-corrected chi connectivity index (χ3v) is 4.10. The van der Waals surface area contributed by atoms with Gasteiger partial charge in [0.15, 0.2) is 0 Å². The summed E-state index contributed by atoms with van der Waals surface area (Å²) in [6, 6.07) is 10.8. The zero-order valence-electron chi connectivity index (χ0n) is 13.0. The fourth-order valence-electron chi connectivity index (χ4n) is 2.74. The molecule has 0 aliphatic carbocycles. The number of piperidine rings is 1. The molecule has 1 aromatic carbocycles. The quantitative estimate of drug-likeness (QED) is 0.808. The van der Waals surface area contributed by atoms with E-state index in [2.05, 4.69) is 27.7 Å². The molecule has 21 heavy (non-hydrogen) atoms. The van der Waals surface area contributed by atoms with E-state index >= 15 is 0 Å². The molecule has 1 fully saturated rings. The molecular weight excluding hydrogens is 262 g/mol. The van der Waals surface area contributed by atoms with E-state index in [4.69, 9.17) is 0 Å². The Morgan fingerprint density at radius 2 is 2.14 bits per heavy atom. The number of carbonyl (C=O) groups is 1. The molecule has 2 N–H and O–H groups in total. The molecule has 0 aromatic heterocycles. The molecule has 1 aliphatic rings. The topological polar surface area (TPSA) is 44.4 Å². The smallest absolute Gasteiger partial charge is 0.220 e. The Bertz CT molecular complexity index is 415.